The first-order chi connectivity index (χ1) is 14.6. The zero-order chi connectivity index (χ0) is 20.9. The first kappa shape index (κ1) is 20.8. The Kier molecular flexibility index (Phi) is 6.65. The molecule has 0 spiro atoms. The van der Waals surface area contributed by atoms with Crippen LogP contribution >= 0.6 is 11.6 Å². The van der Waals surface area contributed by atoms with E-state index < -0.39 is 0 Å². The van der Waals surface area contributed by atoms with Crippen molar-refractivity contribution in [1.82, 2.24) is 10.2 Å². The molecule has 6 nitrogen and oxygen atoms in total. The van der Waals surface area contributed by atoms with Crippen LogP contribution in [0.4, 0.5) is 0 Å². The Morgan fingerprint density at radius 2 is 1.97 bits per heavy atom. The minimum absolute atomic E-state index is 0.241. The number of fused-ring (bicyclic) bond motifs is 1. The van der Waals surface area contributed by atoms with Crippen molar-refractivity contribution in [3.8, 4) is 17.2 Å². The maximum atomic E-state index is 12.4. The first-order valence-electron chi connectivity index (χ1n) is 10.3. The third-order valence-electron chi connectivity index (χ3n) is 5.76. The van der Waals surface area contributed by atoms with Crippen LogP contribution in [0.15, 0.2) is 36.4 Å². The molecule has 0 aromatic heterocycles. The molecule has 2 aromatic carbocycles. The van der Waals surface area contributed by atoms with Gasteiger partial charge in [0, 0.05) is 36.6 Å². The van der Waals surface area contributed by atoms with E-state index in [0.29, 0.717) is 23.7 Å². The molecule has 0 unspecified atom stereocenters. The van der Waals surface area contributed by atoms with E-state index in [9.17, 15) is 4.79 Å². The van der Waals surface area contributed by atoms with Gasteiger partial charge in [-0.2, -0.15) is 0 Å². The van der Waals surface area contributed by atoms with Crippen molar-refractivity contribution in [3.05, 3.63) is 52.5 Å². The number of ether oxygens (including phenoxy) is 3. The van der Waals surface area contributed by atoms with Crippen LogP contribution in [-0.2, 0) is 17.8 Å². The zero-order valence-electron chi connectivity index (χ0n) is 17.2. The molecule has 2 aromatic rings. The van der Waals surface area contributed by atoms with E-state index in [1.807, 2.05) is 23.1 Å². The Labute approximate surface area is 182 Å². The number of amides is 1. The second kappa shape index (κ2) is 9.58. The standard InChI is InChI=1S/C23H27ClN2O4/c1-28-19-5-2-16(3-6-19)9-11-26-18(4-7-23(26)27)8-10-25-14-17-12-21-22(13-20(17)24)30-15-29-21/h2-3,5-6,12-13,18,25H,4,7-11,14-15H2,1H3/t18-/m0/s1. The minimum atomic E-state index is 0.241. The summed E-state index contributed by atoms with van der Waals surface area (Å²) in [5, 5.41) is 4.12. The Balaban J connectivity index is 1.25. The number of methoxy groups -OCH3 is 1. The SMILES string of the molecule is COc1ccc(CCN2C(=O)CC[C@H]2CCNCc2cc3c(cc2Cl)OCO3)cc1. The minimum Gasteiger partial charge on any atom is -0.497 e. The molecule has 2 aliphatic rings. The molecule has 0 saturated carbocycles. The second-order valence-corrected chi connectivity index (χ2v) is 8.05. The number of benzene rings is 2. The Morgan fingerprint density at radius 1 is 1.20 bits per heavy atom. The van der Waals surface area contributed by atoms with Crippen LogP contribution in [0.5, 0.6) is 17.2 Å². The van der Waals surface area contributed by atoms with Gasteiger partial charge in [0.2, 0.25) is 12.7 Å². The Hall–Kier alpha value is -2.44. The number of nitrogens with zero attached hydrogens (tertiary/aromatic N) is 1. The van der Waals surface area contributed by atoms with E-state index in [1.54, 1.807) is 13.2 Å². The highest BCUT2D eigenvalue weighted by Crippen LogP contribution is 2.36. The van der Waals surface area contributed by atoms with Crippen molar-refractivity contribution in [2.24, 2.45) is 0 Å². The number of halogens is 1. The van der Waals surface area contributed by atoms with Gasteiger partial charge >= 0.3 is 0 Å². The van der Waals surface area contributed by atoms with Crippen LogP contribution in [-0.4, -0.2) is 43.8 Å². The third kappa shape index (κ3) is 4.82. The Bertz CT molecular complexity index is 888. The number of rotatable bonds is 9. The van der Waals surface area contributed by atoms with Crippen LogP contribution in [0.1, 0.15) is 30.4 Å². The van der Waals surface area contributed by atoms with Gasteiger partial charge in [-0.25, -0.2) is 0 Å². The molecule has 2 aliphatic heterocycles. The highest BCUT2D eigenvalue weighted by atomic mass is 35.5. The molecule has 1 amide bonds. The normalized spacial score (nSPS) is 17.6. The van der Waals surface area contributed by atoms with Gasteiger partial charge < -0.3 is 24.4 Å². The smallest absolute Gasteiger partial charge is 0.231 e. The van der Waals surface area contributed by atoms with Gasteiger partial charge in [-0.05, 0) is 55.1 Å². The van der Waals surface area contributed by atoms with Crippen molar-refractivity contribution in [3.63, 3.8) is 0 Å². The second-order valence-electron chi connectivity index (χ2n) is 7.64. The average Bonchev–Trinajstić information content (AvgIpc) is 3.35. The van der Waals surface area contributed by atoms with E-state index in [4.69, 9.17) is 25.8 Å². The monoisotopic (exact) mass is 430 g/mol. The van der Waals surface area contributed by atoms with Gasteiger partial charge in [0.25, 0.3) is 0 Å². The molecule has 160 valence electrons. The van der Waals surface area contributed by atoms with Crippen LogP contribution in [0.2, 0.25) is 5.02 Å². The van der Waals surface area contributed by atoms with Gasteiger partial charge in [-0.3, -0.25) is 4.79 Å². The molecule has 30 heavy (non-hydrogen) atoms. The molecular formula is C23H27ClN2O4. The fraction of sp³-hybridized carbons (Fsp3) is 0.435. The van der Waals surface area contributed by atoms with Crippen LogP contribution < -0.4 is 19.5 Å². The average molecular weight is 431 g/mol. The van der Waals surface area contributed by atoms with Crippen molar-refractivity contribution in [2.75, 3.05) is 27.0 Å². The topological polar surface area (TPSA) is 60.0 Å². The summed E-state index contributed by atoms with van der Waals surface area (Å²) in [6.45, 7) is 2.47. The fourth-order valence-corrected chi connectivity index (χ4v) is 4.25. The predicted molar refractivity (Wildman–Crippen MR) is 115 cm³/mol. The van der Waals surface area contributed by atoms with Crippen molar-refractivity contribution in [1.29, 1.82) is 0 Å². The summed E-state index contributed by atoms with van der Waals surface area (Å²) in [6.07, 6.45) is 3.35. The molecule has 1 fully saturated rings. The number of likely N-dealkylation sites (tertiary alicyclic amines) is 1. The number of hydrogen-bond acceptors (Lipinski definition) is 5. The number of carbonyl (C=O) groups is 1. The summed E-state index contributed by atoms with van der Waals surface area (Å²) >= 11 is 6.34. The lowest BCUT2D eigenvalue weighted by Crippen LogP contribution is -2.36. The Morgan fingerprint density at radius 3 is 2.73 bits per heavy atom. The van der Waals surface area contributed by atoms with Crippen LogP contribution in [0.3, 0.4) is 0 Å². The van der Waals surface area contributed by atoms with Gasteiger partial charge in [-0.15, -0.1) is 0 Å². The lowest BCUT2D eigenvalue weighted by molar-refractivity contribution is -0.129. The van der Waals surface area contributed by atoms with E-state index in [-0.39, 0.29) is 18.7 Å². The van der Waals surface area contributed by atoms with Gasteiger partial charge in [-0.1, -0.05) is 23.7 Å². The van der Waals surface area contributed by atoms with Gasteiger partial charge in [0.1, 0.15) is 5.75 Å². The van der Waals surface area contributed by atoms with E-state index in [1.165, 1.54) is 5.56 Å². The van der Waals surface area contributed by atoms with Gasteiger partial charge in [0.15, 0.2) is 11.5 Å². The summed E-state index contributed by atoms with van der Waals surface area (Å²) in [5.41, 5.74) is 2.20. The molecule has 4 rings (SSSR count). The highest BCUT2D eigenvalue weighted by molar-refractivity contribution is 6.31. The largest absolute Gasteiger partial charge is 0.497 e. The molecule has 0 bridgehead atoms. The lowest BCUT2D eigenvalue weighted by atomic mass is 10.1. The number of nitrogens with one attached hydrogen (secondary N) is 1. The van der Waals surface area contributed by atoms with E-state index >= 15 is 0 Å². The molecule has 0 aliphatic carbocycles. The zero-order valence-corrected chi connectivity index (χ0v) is 17.9. The predicted octanol–water partition coefficient (Wildman–Crippen LogP) is 3.79. The summed E-state index contributed by atoms with van der Waals surface area (Å²) in [7, 11) is 1.66. The van der Waals surface area contributed by atoms with E-state index in [2.05, 4.69) is 17.4 Å². The molecule has 0 radical (unpaired) electrons. The van der Waals surface area contributed by atoms with Crippen LogP contribution in [0, 0.1) is 0 Å². The highest BCUT2D eigenvalue weighted by Gasteiger charge is 2.30. The summed E-state index contributed by atoms with van der Waals surface area (Å²) in [4.78, 5) is 14.4. The molecule has 1 atom stereocenters. The fourth-order valence-electron chi connectivity index (χ4n) is 4.03. The summed E-state index contributed by atoms with van der Waals surface area (Å²) in [5.74, 6) is 2.54. The number of carbonyl (C=O) groups excluding carboxylic acids is 1. The summed E-state index contributed by atoms with van der Waals surface area (Å²) < 4.78 is 16.0. The molecule has 7 heteroatoms. The molecule has 1 N–H and O–H groups in total. The molecular weight excluding hydrogens is 404 g/mol. The summed E-state index contributed by atoms with van der Waals surface area (Å²) in [6, 6.07) is 12.1. The van der Waals surface area contributed by atoms with E-state index in [0.717, 1.165) is 49.4 Å². The quantitative estimate of drug-likeness (QED) is 0.613. The van der Waals surface area contributed by atoms with Crippen molar-refractivity contribution < 1.29 is 19.0 Å². The van der Waals surface area contributed by atoms with Gasteiger partial charge in [0.05, 0.1) is 7.11 Å². The third-order valence-corrected chi connectivity index (χ3v) is 6.12. The van der Waals surface area contributed by atoms with Crippen LogP contribution in [0.25, 0.3) is 0 Å². The molecule has 2 heterocycles. The first-order valence-corrected chi connectivity index (χ1v) is 10.7. The van der Waals surface area contributed by atoms with Crippen molar-refractivity contribution >= 4 is 17.5 Å². The number of hydrogen-bond donors (Lipinski definition) is 1. The molecule has 1 saturated heterocycles. The maximum absolute atomic E-state index is 12.4. The lowest BCUT2D eigenvalue weighted by Gasteiger charge is -2.25. The van der Waals surface area contributed by atoms with Crippen molar-refractivity contribution in [2.45, 2.75) is 38.3 Å². The maximum Gasteiger partial charge on any atom is 0.231 e.